The zero-order valence-corrected chi connectivity index (χ0v) is 5.02. The number of guanidine groups is 1. The number of hydrogen-bond acceptors (Lipinski definition) is 2. The second-order valence-electron chi connectivity index (χ2n) is 1.19. The van der Waals surface area contributed by atoms with Crippen LogP contribution in [0.1, 0.15) is 6.92 Å². The summed E-state index contributed by atoms with van der Waals surface area (Å²) in [4.78, 5) is 3.61. The van der Waals surface area contributed by atoms with Crippen molar-refractivity contribution in [1.82, 2.24) is 0 Å². The van der Waals surface area contributed by atoms with Gasteiger partial charge in [0.2, 0.25) is 0 Å². The molecule has 0 rings (SSSR count). The van der Waals surface area contributed by atoms with E-state index in [1.807, 2.05) is 0 Å². The lowest BCUT2D eigenvalue weighted by molar-refractivity contribution is 1.04. The normalized spacial score (nSPS) is 12.9. The molecule has 0 aromatic heterocycles. The SMILES string of the molecule is CC(S)N=C(N)N. The largest absolute Gasteiger partial charge is 0.370 e. The summed E-state index contributed by atoms with van der Waals surface area (Å²) in [6.07, 6.45) is 0. The van der Waals surface area contributed by atoms with Crippen molar-refractivity contribution in [2.45, 2.75) is 12.3 Å². The summed E-state index contributed by atoms with van der Waals surface area (Å²) in [6, 6.07) is 0. The molecule has 1 atom stereocenters. The van der Waals surface area contributed by atoms with Gasteiger partial charge in [0.05, 0.1) is 5.37 Å². The van der Waals surface area contributed by atoms with Crippen LogP contribution in [0.2, 0.25) is 0 Å². The van der Waals surface area contributed by atoms with Crippen LogP contribution in [-0.2, 0) is 0 Å². The van der Waals surface area contributed by atoms with Crippen LogP contribution in [0.25, 0.3) is 0 Å². The number of aliphatic imine (C=N–C) groups is 1. The third kappa shape index (κ3) is 5.62. The third-order valence-corrected chi connectivity index (χ3v) is 0.451. The van der Waals surface area contributed by atoms with Gasteiger partial charge in [0.15, 0.2) is 5.96 Å². The zero-order chi connectivity index (χ0) is 5.86. The van der Waals surface area contributed by atoms with Crippen molar-refractivity contribution < 1.29 is 0 Å². The van der Waals surface area contributed by atoms with Gasteiger partial charge in [0, 0.05) is 0 Å². The molecule has 3 nitrogen and oxygen atoms in total. The Morgan fingerprint density at radius 1 is 1.71 bits per heavy atom. The van der Waals surface area contributed by atoms with Gasteiger partial charge in [-0.05, 0) is 6.92 Å². The van der Waals surface area contributed by atoms with Gasteiger partial charge in [-0.15, -0.1) is 0 Å². The average Bonchev–Trinajstić information content (AvgIpc) is 1.27. The lowest BCUT2D eigenvalue weighted by atomic mass is 10.8. The van der Waals surface area contributed by atoms with Crippen molar-refractivity contribution in [2.24, 2.45) is 16.5 Å². The third-order valence-electron chi connectivity index (χ3n) is 0.336. The second kappa shape index (κ2) is 2.74. The lowest BCUT2D eigenvalue weighted by Gasteiger charge is -1.92. The molecule has 0 fully saturated rings. The van der Waals surface area contributed by atoms with Crippen LogP contribution in [0.15, 0.2) is 4.99 Å². The quantitative estimate of drug-likeness (QED) is 0.248. The molecule has 0 radical (unpaired) electrons. The Hall–Kier alpha value is -0.380. The highest BCUT2D eigenvalue weighted by Crippen LogP contribution is 1.90. The van der Waals surface area contributed by atoms with Crippen LogP contribution in [0, 0.1) is 0 Å². The average molecular weight is 119 g/mol. The minimum atomic E-state index is -0.0926. The van der Waals surface area contributed by atoms with Gasteiger partial charge in [-0.25, -0.2) is 4.99 Å². The zero-order valence-electron chi connectivity index (χ0n) is 4.13. The van der Waals surface area contributed by atoms with E-state index >= 15 is 0 Å². The summed E-state index contributed by atoms with van der Waals surface area (Å²) < 4.78 is 0. The van der Waals surface area contributed by atoms with Gasteiger partial charge >= 0.3 is 0 Å². The maximum atomic E-state index is 4.97. The highest BCUT2D eigenvalue weighted by molar-refractivity contribution is 7.80. The molecular formula is C3H9N3S. The standard InChI is InChI=1S/C3H9N3S/c1-2(7)6-3(4)5/h2,7H,1H3,(H4,4,5,6). The molecule has 0 aliphatic rings. The number of thiol groups is 1. The topological polar surface area (TPSA) is 64.4 Å². The summed E-state index contributed by atoms with van der Waals surface area (Å²) in [6.45, 7) is 1.78. The maximum absolute atomic E-state index is 4.97. The van der Waals surface area contributed by atoms with E-state index in [1.54, 1.807) is 6.92 Å². The number of hydrogen-bond donors (Lipinski definition) is 3. The Bertz CT molecular complexity index is 74.2. The Kier molecular flexibility index (Phi) is 2.59. The van der Waals surface area contributed by atoms with E-state index in [0.29, 0.717) is 0 Å². The van der Waals surface area contributed by atoms with Gasteiger partial charge < -0.3 is 11.5 Å². The van der Waals surface area contributed by atoms with E-state index in [0.717, 1.165) is 0 Å². The Morgan fingerprint density at radius 3 is 2.14 bits per heavy atom. The van der Waals surface area contributed by atoms with E-state index < -0.39 is 0 Å². The van der Waals surface area contributed by atoms with Crippen LogP contribution in [0.5, 0.6) is 0 Å². The first-order chi connectivity index (χ1) is 3.13. The summed E-state index contributed by atoms with van der Waals surface area (Å²) in [5.74, 6) is 0.0856. The van der Waals surface area contributed by atoms with Crippen molar-refractivity contribution >= 4 is 18.6 Å². The predicted molar refractivity (Wildman–Crippen MR) is 34.3 cm³/mol. The van der Waals surface area contributed by atoms with Crippen LogP contribution in [-0.4, -0.2) is 11.3 Å². The van der Waals surface area contributed by atoms with E-state index in [-0.39, 0.29) is 11.3 Å². The summed E-state index contributed by atoms with van der Waals surface area (Å²) >= 11 is 3.89. The molecule has 42 valence electrons. The molecule has 0 saturated heterocycles. The number of rotatable bonds is 1. The van der Waals surface area contributed by atoms with Crippen LogP contribution < -0.4 is 11.5 Å². The predicted octanol–water partition coefficient (Wildman–Crippen LogP) is -0.464. The lowest BCUT2D eigenvalue weighted by Crippen LogP contribution is -2.23. The molecule has 0 aromatic rings. The number of nitrogens with zero attached hydrogens (tertiary/aromatic N) is 1. The summed E-state index contributed by atoms with van der Waals surface area (Å²) in [5.41, 5.74) is 9.94. The van der Waals surface area contributed by atoms with Gasteiger partial charge in [0.1, 0.15) is 0 Å². The minimum absolute atomic E-state index is 0.0856. The van der Waals surface area contributed by atoms with E-state index in [1.165, 1.54) is 0 Å². The molecule has 1 unspecified atom stereocenters. The Balaban J connectivity index is 3.45. The van der Waals surface area contributed by atoms with Crippen molar-refractivity contribution in [3.63, 3.8) is 0 Å². The van der Waals surface area contributed by atoms with E-state index in [4.69, 9.17) is 11.5 Å². The molecule has 0 bridgehead atoms. The fraction of sp³-hybridized carbons (Fsp3) is 0.667. The smallest absolute Gasteiger partial charge is 0.187 e. The Labute approximate surface area is 48.2 Å². The Morgan fingerprint density at radius 2 is 2.14 bits per heavy atom. The summed E-state index contributed by atoms with van der Waals surface area (Å²) in [5, 5.41) is -0.0926. The molecule has 0 aromatic carbocycles. The van der Waals surface area contributed by atoms with Gasteiger partial charge in [-0.2, -0.15) is 12.6 Å². The van der Waals surface area contributed by atoms with Crippen molar-refractivity contribution in [3.8, 4) is 0 Å². The van der Waals surface area contributed by atoms with Crippen LogP contribution in [0.4, 0.5) is 0 Å². The molecule has 4 heteroatoms. The molecule has 0 aliphatic carbocycles. The van der Waals surface area contributed by atoms with Crippen LogP contribution >= 0.6 is 12.6 Å². The molecule has 4 N–H and O–H groups in total. The van der Waals surface area contributed by atoms with Gasteiger partial charge in [0.25, 0.3) is 0 Å². The fourth-order valence-corrected chi connectivity index (χ4v) is 0.349. The van der Waals surface area contributed by atoms with Crippen molar-refractivity contribution in [1.29, 1.82) is 0 Å². The maximum Gasteiger partial charge on any atom is 0.187 e. The first kappa shape index (κ1) is 6.62. The summed E-state index contributed by atoms with van der Waals surface area (Å²) in [7, 11) is 0. The van der Waals surface area contributed by atoms with Crippen molar-refractivity contribution in [3.05, 3.63) is 0 Å². The van der Waals surface area contributed by atoms with E-state index in [2.05, 4.69) is 17.6 Å². The molecular weight excluding hydrogens is 110 g/mol. The monoisotopic (exact) mass is 119 g/mol. The molecule has 0 aliphatic heterocycles. The molecule has 0 spiro atoms. The fourth-order valence-electron chi connectivity index (χ4n) is 0.216. The molecule has 0 heterocycles. The first-order valence-electron chi connectivity index (χ1n) is 1.89. The second-order valence-corrected chi connectivity index (χ2v) is 1.93. The van der Waals surface area contributed by atoms with E-state index in [9.17, 15) is 0 Å². The molecule has 7 heavy (non-hydrogen) atoms. The molecule has 0 saturated carbocycles. The van der Waals surface area contributed by atoms with Gasteiger partial charge in [-0.3, -0.25) is 0 Å². The van der Waals surface area contributed by atoms with Gasteiger partial charge in [-0.1, -0.05) is 0 Å². The molecule has 0 amide bonds. The van der Waals surface area contributed by atoms with Crippen LogP contribution in [0.3, 0.4) is 0 Å². The highest BCUT2D eigenvalue weighted by Gasteiger charge is 1.84. The highest BCUT2D eigenvalue weighted by atomic mass is 32.1. The minimum Gasteiger partial charge on any atom is -0.370 e. The number of nitrogens with two attached hydrogens (primary N) is 2. The van der Waals surface area contributed by atoms with Crippen molar-refractivity contribution in [2.75, 3.05) is 0 Å². The first-order valence-corrected chi connectivity index (χ1v) is 2.41.